The summed E-state index contributed by atoms with van der Waals surface area (Å²) in [4.78, 5) is 45.4. The van der Waals surface area contributed by atoms with Crippen LogP contribution in [-0.4, -0.2) is 59.9 Å². The van der Waals surface area contributed by atoms with Crippen LogP contribution < -0.4 is 15.4 Å². The number of rotatable bonds is 9. The van der Waals surface area contributed by atoms with Gasteiger partial charge in [-0.2, -0.15) is 5.26 Å². The van der Waals surface area contributed by atoms with Crippen LogP contribution in [-0.2, 0) is 14.3 Å². The van der Waals surface area contributed by atoms with Crippen LogP contribution in [0.3, 0.4) is 0 Å². The lowest BCUT2D eigenvalue weighted by Crippen LogP contribution is -2.45. The van der Waals surface area contributed by atoms with Gasteiger partial charge in [0.15, 0.2) is 18.4 Å². The van der Waals surface area contributed by atoms with E-state index in [2.05, 4.69) is 21.7 Å². The maximum Gasteiger partial charge on any atom is 0.410 e. The Bertz CT molecular complexity index is 1860. The minimum atomic E-state index is -0.704. The van der Waals surface area contributed by atoms with E-state index in [1.807, 2.05) is 0 Å². The average molecular weight is 672 g/mol. The number of halogens is 1. The summed E-state index contributed by atoms with van der Waals surface area (Å²) < 4.78 is 21.6. The summed E-state index contributed by atoms with van der Waals surface area (Å²) in [6.07, 6.45) is 1.97. The first-order chi connectivity index (χ1) is 23.0. The third kappa shape index (κ3) is 7.94. The second-order valence-corrected chi connectivity index (χ2v) is 12.4. The molecule has 2 aromatic heterocycles. The molecule has 0 radical (unpaired) electrons. The molecule has 2 aromatic carbocycles. The normalized spacial score (nSPS) is 14.2. The van der Waals surface area contributed by atoms with Gasteiger partial charge in [0, 0.05) is 35.5 Å². The average Bonchev–Trinajstić information content (AvgIpc) is 3.76. The molecule has 0 unspecified atom stereocenters. The fraction of sp³-hybridized carbons (Fsp3) is 0.286. The smallest absolute Gasteiger partial charge is 0.410 e. The lowest BCUT2D eigenvalue weighted by Gasteiger charge is -2.28. The lowest BCUT2D eigenvalue weighted by atomic mass is 9.97. The molecule has 2 N–H and O–H groups in total. The van der Waals surface area contributed by atoms with Crippen LogP contribution in [0.2, 0.25) is 5.02 Å². The number of ether oxygens (including phenoxy) is 3. The minimum absolute atomic E-state index is 0.0209. The molecule has 1 saturated heterocycles. The third-order valence-corrected chi connectivity index (χ3v) is 7.52. The van der Waals surface area contributed by atoms with E-state index in [1.165, 1.54) is 24.3 Å². The second kappa shape index (κ2) is 14.6. The zero-order valence-corrected chi connectivity index (χ0v) is 27.6. The minimum Gasteiger partial charge on any atom is -0.467 e. The van der Waals surface area contributed by atoms with Gasteiger partial charge in [-0.25, -0.2) is 9.78 Å². The molecule has 1 atom stereocenters. The monoisotopic (exact) mass is 671 g/mol. The first kappa shape index (κ1) is 34.0. The number of hydrogen-bond acceptors (Lipinski definition) is 9. The zero-order chi connectivity index (χ0) is 34.4. The Morgan fingerprint density at radius 1 is 1.08 bits per heavy atom. The van der Waals surface area contributed by atoms with Crippen LogP contribution in [0, 0.1) is 11.3 Å². The van der Waals surface area contributed by atoms with E-state index in [1.54, 1.807) is 75.4 Å². The van der Waals surface area contributed by atoms with Gasteiger partial charge < -0.3 is 29.3 Å². The topological polar surface area (TPSA) is 156 Å². The van der Waals surface area contributed by atoms with Gasteiger partial charge in [-0.1, -0.05) is 23.7 Å². The summed E-state index contributed by atoms with van der Waals surface area (Å²) in [6.45, 7) is 5.67. The van der Waals surface area contributed by atoms with Gasteiger partial charge in [-0.05, 0) is 87.7 Å². The van der Waals surface area contributed by atoms with Crippen LogP contribution in [0.15, 0.2) is 71.3 Å². The number of nitrogens with one attached hydrogen (secondary N) is 2. The summed E-state index contributed by atoms with van der Waals surface area (Å²) in [6, 6.07) is 18.1. The van der Waals surface area contributed by atoms with E-state index < -0.39 is 23.6 Å². The predicted molar refractivity (Wildman–Crippen MR) is 179 cm³/mol. The lowest BCUT2D eigenvalue weighted by molar-refractivity contribution is -0.120. The molecule has 13 heteroatoms. The molecule has 0 aliphatic carbocycles. The molecule has 0 spiro atoms. The highest BCUT2D eigenvalue weighted by atomic mass is 35.5. The number of pyridine rings is 1. The van der Waals surface area contributed by atoms with Gasteiger partial charge in [0.1, 0.15) is 29.0 Å². The summed E-state index contributed by atoms with van der Waals surface area (Å²) in [5.41, 5.74) is 1.64. The number of carbonyl (C=O) groups is 3. The molecule has 0 bridgehead atoms. The molecule has 0 saturated carbocycles. The molecular formula is C35H34ClN5O7. The highest BCUT2D eigenvalue weighted by Crippen LogP contribution is 2.38. The maximum absolute atomic E-state index is 13.4. The van der Waals surface area contributed by atoms with Crippen molar-refractivity contribution in [1.82, 2.24) is 9.88 Å². The van der Waals surface area contributed by atoms with Crippen LogP contribution in [0.25, 0.3) is 22.4 Å². The zero-order valence-electron chi connectivity index (χ0n) is 26.8. The van der Waals surface area contributed by atoms with E-state index in [0.29, 0.717) is 58.2 Å². The van der Waals surface area contributed by atoms with Gasteiger partial charge in [-0.15, -0.1) is 0 Å². The molecule has 48 heavy (non-hydrogen) atoms. The van der Waals surface area contributed by atoms with E-state index in [9.17, 15) is 19.6 Å². The van der Waals surface area contributed by atoms with Crippen LogP contribution in [0.1, 0.15) is 49.7 Å². The molecule has 1 fully saturated rings. The van der Waals surface area contributed by atoms with Gasteiger partial charge in [0.2, 0.25) is 5.91 Å². The van der Waals surface area contributed by atoms with E-state index in [-0.39, 0.29) is 29.8 Å². The van der Waals surface area contributed by atoms with Crippen molar-refractivity contribution in [1.29, 1.82) is 5.26 Å². The fourth-order valence-electron chi connectivity index (χ4n) is 5.21. The van der Waals surface area contributed by atoms with Crippen molar-refractivity contribution in [2.45, 2.75) is 45.3 Å². The molecule has 3 amide bonds. The standard InChI is InChI=1S/C35H34ClN5O7/c1-35(2,3)48-34(44)41-14-6-10-28(41)32(42)38-23-9-5-8-21(16-23)25-18-27(24-13-12-22(36)17-30(24)47-20-45-4)39-31(26(25)19-37)40-33(43)29-11-7-15-46-29/h5,7-9,11-13,15-18,28H,6,10,14,20H2,1-4H3,(H,38,42)(H,39,40,43)/t28-/m1/s1. The van der Waals surface area contributed by atoms with Gasteiger partial charge in [0.25, 0.3) is 5.91 Å². The molecule has 1 aliphatic heterocycles. The quantitative estimate of drug-likeness (QED) is 0.177. The number of anilines is 2. The number of benzene rings is 2. The fourth-order valence-corrected chi connectivity index (χ4v) is 5.37. The molecular weight excluding hydrogens is 638 g/mol. The molecule has 1 aliphatic rings. The number of hydrogen-bond donors (Lipinski definition) is 2. The number of amides is 3. The summed E-state index contributed by atoms with van der Waals surface area (Å²) in [5.74, 6) is -0.596. The summed E-state index contributed by atoms with van der Waals surface area (Å²) in [7, 11) is 1.48. The molecule has 248 valence electrons. The van der Waals surface area contributed by atoms with Crippen LogP contribution >= 0.6 is 11.6 Å². The number of nitrogens with zero attached hydrogens (tertiary/aromatic N) is 3. The molecule has 12 nitrogen and oxygen atoms in total. The first-order valence-corrected chi connectivity index (χ1v) is 15.5. The van der Waals surface area contributed by atoms with Crippen molar-refractivity contribution >= 4 is 41.0 Å². The van der Waals surface area contributed by atoms with Gasteiger partial charge >= 0.3 is 6.09 Å². The number of methoxy groups -OCH3 is 1. The maximum atomic E-state index is 13.4. The predicted octanol–water partition coefficient (Wildman–Crippen LogP) is 7.11. The van der Waals surface area contributed by atoms with Gasteiger partial charge in [-0.3, -0.25) is 14.5 Å². The van der Waals surface area contributed by atoms with Crippen LogP contribution in [0.5, 0.6) is 5.75 Å². The Hall–Kier alpha value is -5.38. The highest BCUT2D eigenvalue weighted by Gasteiger charge is 2.36. The molecule has 5 rings (SSSR count). The van der Waals surface area contributed by atoms with Crippen LogP contribution in [0.4, 0.5) is 16.3 Å². The highest BCUT2D eigenvalue weighted by molar-refractivity contribution is 6.30. The number of likely N-dealkylation sites (tertiary alicyclic amines) is 1. The van der Waals surface area contributed by atoms with Crippen molar-refractivity contribution in [2.24, 2.45) is 0 Å². The second-order valence-electron chi connectivity index (χ2n) is 11.9. The summed E-state index contributed by atoms with van der Waals surface area (Å²) >= 11 is 6.26. The molecule has 4 aromatic rings. The Labute approximate surface area is 282 Å². The van der Waals surface area contributed by atoms with E-state index in [0.717, 1.165) is 0 Å². The third-order valence-electron chi connectivity index (χ3n) is 7.28. The van der Waals surface area contributed by atoms with E-state index >= 15 is 0 Å². The Kier molecular flexibility index (Phi) is 10.3. The van der Waals surface area contributed by atoms with Crippen molar-refractivity contribution in [3.63, 3.8) is 0 Å². The Morgan fingerprint density at radius 2 is 1.90 bits per heavy atom. The number of furan rings is 1. The molecule has 3 heterocycles. The van der Waals surface area contributed by atoms with Crippen molar-refractivity contribution < 1.29 is 33.0 Å². The Balaban J connectivity index is 1.53. The SMILES string of the molecule is COCOc1cc(Cl)ccc1-c1cc(-c2cccc(NC(=O)[C@H]3CCCN3C(=O)OC(C)(C)C)c2)c(C#N)c(NC(=O)c2ccco2)n1. The van der Waals surface area contributed by atoms with Gasteiger partial charge in [0.05, 0.1) is 12.0 Å². The number of aromatic nitrogens is 1. The van der Waals surface area contributed by atoms with Crippen molar-refractivity contribution in [3.05, 3.63) is 83.3 Å². The largest absolute Gasteiger partial charge is 0.467 e. The van der Waals surface area contributed by atoms with Crippen molar-refractivity contribution in [2.75, 3.05) is 31.1 Å². The first-order valence-electron chi connectivity index (χ1n) is 15.1. The number of nitriles is 1. The van der Waals surface area contributed by atoms with Crippen molar-refractivity contribution in [3.8, 4) is 34.2 Å². The van der Waals surface area contributed by atoms with E-state index in [4.69, 9.17) is 30.2 Å². The summed E-state index contributed by atoms with van der Waals surface area (Å²) in [5, 5.41) is 16.4. The Morgan fingerprint density at radius 3 is 2.60 bits per heavy atom. The number of carbonyl (C=O) groups excluding carboxylic acids is 3.